The zero-order chi connectivity index (χ0) is 17.8. The molecule has 0 radical (unpaired) electrons. The zero-order valence-electron chi connectivity index (χ0n) is 14.5. The lowest BCUT2D eigenvalue weighted by atomic mass is 9.95. The number of nitrogens with one attached hydrogen (secondary N) is 1. The molecule has 1 aliphatic rings. The molecule has 0 aromatic rings. The Morgan fingerprint density at radius 3 is 2.09 bits per heavy atom. The van der Waals surface area contributed by atoms with Crippen LogP contribution in [-0.2, 0) is 14.3 Å². The minimum absolute atomic E-state index is 0.245. The average Bonchev–Trinajstić information content (AvgIpc) is 2.42. The van der Waals surface area contributed by atoms with E-state index in [1.165, 1.54) is 0 Å². The van der Waals surface area contributed by atoms with Crippen molar-refractivity contribution in [2.75, 3.05) is 13.1 Å². The molecule has 1 aliphatic heterocycles. The van der Waals surface area contributed by atoms with Crippen LogP contribution >= 0.6 is 0 Å². The quantitative estimate of drug-likeness (QED) is 0.812. The fourth-order valence-corrected chi connectivity index (χ4v) is 2.42. The molecule has 1 atom stereocenters. The van der Waals surface area contributed by atoms with Crippen molar-refractivity contribution in [2.45, 2.75) is 59.1 Å². The molecule has 1 saturated heterocycles. The van der Waals surface area contributed by atoms with Gasteiger partial charge in [0.15, 0.2) is 0 Å². The number of amides is 2. The second kappa shape index (κ2) is 7.66. The number of piperidine rings is 1. The van der Waals surface area contributed by atoms with Gasteiger partial charge in [0, 0.05) is 19.0 Å². The molecule has 0 spiro atoms. The Bertz CT molecular complexity index is 448. The number of carboxylic acid groups (broad SMARTS) is 1. The van der Waals surface area contributed by atoms with Crippen LogP contribution in [0.2, 0.25) is 0 Å². The van der Waals surface area contributed by atoms with Crippen molar-refractivity contribution >= 4 is 18.0 Å². The summed E-state index contributed by atoms with van der Waals surface area (Å²) in [5.74, 6) is -2.11. The first-order valence-electron chi connectivity index (χ1n) is 8.00. The number of ether oxygens (including phenoxy) is 1. The van der Waals surface area contributed by atoms with Gasteiger partial charge in [-0.25, -0.2) is 4.79 Å². The van der Waals surface area contributed by atoms with E-state index in [1.807, 2.05) is 0 Å². The zero-order valence-corrected chi connectivity index (χ0v) is 14.5. The Hall–Kier alpha value is -1.79. The van der Waals surface area contributed by atoms with Crippen molar-refractivity contribution in [1.29, 1.82) is 0 Å². The molecule has 1 rings (SSSR count). The first-order chi connectivity index (χ1) is 10.5. The highest BCUT2D eigenvalue weighted by molar-refractivity contribution is 5.84. The summed E-state index contributed by atoms with van der Waals surface area (Å²) in [6.45, 7) is 9.68. The average molecular weight is 327 g/mol. The highest BCUT2D eigenvalue weighted by Gasteiger charge is 2.31. The van der Waals surface area contributed by atoms with Gasteiger partial charge in [-0.15, -0.1) is 0 Å². The summed E-state index contributed by atoms with van der Waals surface area (Å²) in [7, 11) is 0. The third-order valence-electron chi connectivity index (χ3n) is 3.74. The maximum atomic E-state index is 12.2. The van der Waals surface area contributed by atoms with E-state index in [1.54, 1.807) is 39.5 Å². The van der Waals surface area contributed by atoms with Crippen molar-refractivity contribution in [3.8, 4) is 0 Å². The molecule has 132 valence electrons. The minimum atomic E-state index is -1.28. The van der Waals surface area contributed by atoms with E-state index in [9.17, 15) is 19.5 Å². The van der Waals surface area contributed by atoms with E-state index in [2.05, 4.69) is 5.32 Å². The van der Waals surface area contributed by atoms with Crippen LogP contribution in [0.3, 0.4) is 0 Å². The van der Waals surface area contributed by atoms with Crippen LogP contribution in [0.25, 0.3) is 0 Å². The molecule has 0 aliphatic carbocycles. The first kappa shape index (κ1) is 19.3. The molecule has 7 nitrogen and oxygen atoms in total. The number of aliphatic carboxylic acids is 1. The molecule has 1 N–H and O–H groups in total. The first-order valence-corrected chi connectivity index (χ1v) is 8.00. The van der Waals surface area contributed by atoms with Gasteiger partial charge >= 0.3 is 6.09 Å². The van der Waals surface area contributed by atoms with Crippen LogP contribution in [0.4, 0.5) is 4.79 Å². The number of carbonyl (C=O) groups excluding carboxylic acids is 3. The van der Waals surface area contributed by atoms with Crippen molar-refractivity contribution < 1.29 is 24.2 Å². The molecule has 1 fully saturated rings. The largest absolute Gasteiger partial charge is 0.548 e. The molecule has 0 saturated carbocycles. The summed E-state index contributed by atoms with van der Waals surface area (Å²) in [6.07, 6.45) is 0.595. The van der Waals surface area contributed by atoms with Crippen molar-refractivity contribution in [1.82, 2.24) is 10.2 Å². The Labute approximate surface area is 137 Å². The fraction of sp³-hybridized carbons (Fsp3) is 0.812. The predicted octanol–water partition coefficient (Wildman–Crippen LogP) is 0.524. The lowest BCUT2D eigenvalue weighted by molar-refractivity contribution is -0.309. The molecule has 0 aromatic heterocycles. The number of rotatable bonds is 4. The Balaban J connectivity index is 2.51. The smallest absolute Gasteiger partial charge is 0.410 e. The van der Waals surface area contributed by atoms with Gasteiger partial charge in [0.25, 0.3) is 0 Å². The van der Waals surface area contributed by atoms with Crippen LogP contribution in [0.5, 0.6) is 0 Å². The molecule has 0 unspecified atom stereocenters. The van der Waals surface area contributed by atoms with E-state index in [0.717, 1.165) is 0 Å². The Kier molecular flexibility index (Phi) is 6.41. The highest BCUT2D eigenvalue weighted by Crippen LogP contribution is 2.20. The van der Waals surface area contributed by atoms with E-state index < -0.39 is 17.6 Å². The SMILES string of the molecule is CC(C)[C@H](NC(=O)C1CCN(C(=O)OC(C)(C)C)CC1)C(=O)[O-]. The Morgan fingerprint density at radius 1 is 1.17 bits per heavy atom. The van der Waals surface area contributed by atoms with Gasteiger partial charge in [-0.1, -0.05) is 13.8 Å². The van der Waals surface area contributed by atoms with Crippen LogP contribution < -0.4 is 10.4 Å². The number of hydrogen-bond acceptors (Lipinski definition) is 5. The molecule has 2 amide bonds. The summed E-state index contributed by atoms with van der Waals surface area (Å²) in [6, 6.07) is -0.994. The van der Waals surface area contributed by atoms with Gasteiger partial charge in [-0.3, -0.25) is 4.79 Å². The van der Waals surface area contributed by atoms with Crippen LogP contribution in [0.15, 0.2) is 0 Å². The number of carbonyl (C=O) groups is 3. The summed E-state index contributed by atoms with van der Waals surface area (Å²) in [5.41, 5.74) is -0.551. The van der Waals surface area contributed by atoms with E-state index in [-0.39, 0.29) is 23.8 Å². The molecule has 0 aromatic carbocycles. The van der Waals surface area contributed by atoms with Gasteiger partial charge in [-0.2, -0.15) is 0 Å². The maximum absolute atomic E-state index is 12.2. The maximum Gasteiger partial charge on any atom is 0.410 e. The second-order valence-corrected chi connectivity index (χ2v) is 7.29. The van der Waals surface area contributed by atoms with Gasteiger partial charge < -0.3 is 24.9 Å². The lowest BCUT2D eigenvalue weighted by Gasteiger charge is -2.34. The van der Waals surface area contributed by atoms with E-state index >= 15 is 0 Å². The van der Waals surface area contributed by atoms with Gasteiger partial charge in [0.05, 0.1) is 12.0 Å². The van der Waals surface area contributed by atoms with E-state index in [4.69, 9.17) is 4.74 Å². The van der Waals surface area contributed by atoms with Crippen molar-refractivity contribution in [2.24, 2.45) is 11.8 Å². The molecular formula is C16H27N2O5-. The second-order valence-electron chi connectivity index (χ2n) is 7.29. The van der Waals surface area contributed by atoms with Crippen molar-refractivity contribution in [3.05, 3.63) is 0 Å². The molecule has 23 heavy (non-hydrogen) atoms. The summed E-state index contributed by atoms with van der Waals surface area (Å²) < 4.78 is 5.30. The third kappa shape index (κ3) is 6.08. The standard InChI is InChI=1S/C16H28N2O5/c1-10(2)12(14(20)21)17-13(19)11-6-8-18(9-7-11)15(22)23-16(3,4)5/h10-12H,6-9H2,1-5H3,(H,17,19)(H,20,21)/p-1/t12-/m0/s1. The monoisotopic (exact) mass is 327 g/mol. The van der Waals surface area contributed by atoms with Gasteiger partial charge in [0.2, 0.25) is 5.91 Å². The van der Waals surface area contributed by atoms with Crippen LogP contribution in [0.1, 0.15) is 47.5 Å². The van der Waals surface area contributed by atoms with Crippen molar-refractivity contribution in [3.63, 3.8) is 0 Å². The summed E-state index contributed by atoms with van der Waals surface area (Å²) in [4.78, 5) is 36.8. The molecular weight excluding hydrogens is 300 g/mol. The summed E-state index contributed by atoms with van der Waals surface area (Å²) in [5, 5.41) is 13.6. The lowest BCUT2D eigenvalue weighted by Crippen LogP contribution is -2.53. The molecule has 0 bridgehead atoms. The highest BCUT2D eigenvalue weighted by atomic mass is 16.6. The summed E-state index contributed by atoms with van der Waals surface area (Å²) >= 11 is 0. The van der Waals surface area contributed by atoms with E-state index in [0.29, 0.717) is 25.9 Å². The van der Waals surface area contributed by atoms with Gasteiger partial charge in [-0.05, 0) is 39.5 Å². The Morgan fingerprint density at radius 2 is 1.70 bits per heavy atom. The van der Waals surface area contributed by atoms with Gasteiger partial charge in [0.1, 0.15) is 5.60 Å². The molecule has 7 heteroatoms. The minimum Gasteiger partial charge on any atom is -0.548 e. The topological polar surface area (TPSA) is 98.8 Å². The number of likely N-dealkylation sites (tertiary alicyclic amines) is 1. The number of nitrogens with zero attached hydrogens (tertiary/aromatic N) is 1. The fourth-order valence-electron chi connectivity index (χ4n) is 2.42. The van der Waals surface area contributed by atoms with Crippen LogP contribution in [-0.4, -0.2) is 47.6 Å². The molecule has 1 heterocycles. The number of hydrogen-bond donors (Lipinski definition) is 1. The van der Waals surface area contributed by atoms with Crippen LogP contribution in [0, 0.1) is 11.8 Å². The predicted molar refractivity (Wildman–Crippen MR) is 82.3 cm³/mol. The number of carboxylic acids is 1. The normalized spacial score (nSPS) is 17.7. The third-order valence-corrected chi connectivity index (χ3v) is 3.74.